The summed E-state index contributed by atoms with van der Waals surface area (Å²) in [5.41, 5.74) is 1.21. The van der Waals surface area contributed by atoms with Crippen molar-refractivity contribution >= 4 is 48.3 Å². The van der Waals surface area contributed by atoms with Crippen molar-refractivity contribution < 1.29 is 22.3 Å². The van der Waals surface area contributed by atoms with Crippen LogP contribution >= 0.6 is 11.3 Å². The molecule has 3 aromatic carbocycles. The Bertz CT molecular complexity index is 1350. The van der Waals surface area contributed by atoms with E-state index in [1.54, 1.807) is 18.2 Å². The van der Waals surface area contributed by atoms with E-state index in [-0.39, 0.29) is 10.7 Å². The maximum atomic E-state index is 13.3. The Balaban J connectivity index is 1.45. The molecule has 4 aromatic rings. The maximum absolute atomic E-state index is 13.3. The Morgan fingerprint density at radius 2 is 1.74 bits per heavy atom. The van der Waals surface area contributed by atoms with Crippen LogP contribution in [0.15, 0.2) is 71.6 Å². The lowest BCUT2D eigenvalue weighted by Gasteiger charge is -2.09. The molecule has 0 unspecified atom stereocenters. The number of rotatable bonds is 6. The van der Waals surface area contributed by atoms with Crippen LogP contribution in [0.5, 0.6) is 5.75 Å². The van der Waals surface area contributed by atoms with Gasteiger partial charge in [0.25, 0.3) is 15.9 Å². The predicted octanol–water partition coefficient (Wildman–Crippen LogP) is 4.50. The van der Waals surface area contributed by atoms with Crippen LogP contribution in [-0.2, 0) is 10.0 Å². The summed E-state index contributed by atoms with van der Waals surface area (Å²) in [6.45, 7) is 0. The Hall–Kier alpha value is -3.50. The first-order valence-electron chi connectivity index (χ1n) is 8.98. The van der Waals surface area contributed by atoms with Crippen LogP contribution < -0.4 is 14.8 Å². The number of nitrogens with one attached hydrogen (secondary N) is 2. The third-order valence-electron chi connectivity index (χ3n) is 4.34. The fourth-order valence-corrected chi connectivity index (χ4v) is 4.72. The zero-order chi connectivity index (χ0) is 22.0. The summed E-state index contributed by atoms with van der Waals surface area (Å²) in [5.74, 6) is -0.238. The molecule has 0 saturated carbocycles. The molecule has 4 rings (SSSR count). The van der Waals surface area contributed by atoms with E-state index in [0.717, 1.165) is 11.3 Å². The molecule has 31 heavy (non-hydrogen) atoms. The smallest absolute Gasteiger partial charge is 0.261 e. The second-order valence-electron chi connectivity index (χ2n) is 6.44. The SMILES string of the molecule is COc1ccc(S(=O)(=O)Nc2ccc(C(=O)Nc3nc4ccc(F)cc4s3)cc2)cc1. The van der Waals surface area contributed by atoms with Gasteiger partial charge in [0.1, 0.15) is 11.6 Å². The zero-order valence-electron chi connectivity index (χ0n) is 16.1. The molecule has 1 aromatic heterocycles. The minimum atomic E-state index is -3.78. The summed E-state index contributed by atoms with van der Waals surface area (Å²) in [6.07, 6.45) is 0. The van der Waals surface area contributed by atoms with Gasteiger partial charge in [-0.05, 0) is 66.7 Å². The van der Waals surface area contributed by atoms with Crippen LogP contribution in [0.1, 0.15) is 10.4 Å². The second kappa shape index (κ2) is 8.32. The molecular formula is C21H16FN3O4S2. The normalized spacial score (nSPS) is 11.3. The molecule has 0 radical (unpaired) electrons. The van der Waals surface area contributed by atoms with Crippen LogP contribution in [0.25, 0.3) is 10.2 Å². The van der Waals surface area contributed by atoms with Gasteiger partial charge in [0, 0.05) is 11.3 Å². The Labute approximate surface area is 181 Å². The van der Waals surface area contributed by atoms with Crippen LogP contribution in [-0.4, -0.2) is 26.4 Å². The van der Waals surface area contributed by atoms with Crippen molar-refractivity contribution in [1.82, 2.24) is 4.98 Å². The second-order valence-corrected chi connectivity index (χ2v) is 9.16. The lowest BCUT2D eigenvalue weighted by Crippen LogP contribution is -2.14. The number of hydrogen-bond acceptors (Lipinski definition) is 6. The van der Waals surface area contributed by atoms with Gasteiger partial charge in [-0.15, -0.1) is 0 Å². The van der Waals surface area contributed by atoms with E-state index in [4.69, 9.17) is 4.74 Å². The van der Waals surface area contributed by atoms with Gasteiger partial charge in [0.15, 0.2) is 5.13 Å². The molecule has 0 fully saturated rings. The van der Waals surface area contributed by atoms with Gasteiger partial charge in [-0.2, -0.15) is 0 Å². The summed E-state index contributed by atoms with van der Waals surface area (Å²) in [7, 11) is -2.29. The minimum Gasteiger partial charge on any atom is -0.497 e. The third-order valence-corrected chi connectivity index (χ3v) is 6.67. The van der Waals surface area contributed by atoms with Gasteiger partial charge in [-0.1, -0.05) is 11.3 Å². The highest BCUT2D eigenvalue weighted by Gasteiger charge is 2.15. The predicted molar refractivity (Wildman–Crippen MR) is 118 cm³/mol. The number of thiazole rings is 1. The van der Waals surface area contributed by atoms with Crippen molar-refractivity contribution in [3.8, 4) is 5.75 Å². The first-order valence-corrected chi connectivity index (χ1v) is 11.3. The van der Waals surface area contributed by atoms with Gasteiger partial charge >= 0.3 is 0 Å². The van der Waals surface area contributed by atoms with Gasteiger partial charge in [0.2, 0.25) is 0 Å². The van der Waals surface area contributed by atoms with Crippen molar-refractivity contribution in [2.45, 2.75) is 4.90 Å². The summed E-state index contributed by atoms with van der Waals surface area (Å²) in [6, 6.07) is 16.2. The van der Waals surface area contributed by atoms with E-state index >= 15 is 0 Å². The number of anilines is 2. The standard InChI is InChI=1S/C21H16FN3O4S2/c1-29-16-7-9-17(10-8-16)31(27,28)25-15-5-2-13(3-6-15)20(26)24-21-23-18-11-4-14(22)12-19(18)30-21/h2-12,25H,1H3,(H,23,24,26). The number of methoxy groups -OCH3 is 1. The quantitative estimate of drug-likeness (QED) is 0.444. The van der Waals surface area contributed by atoms with E-state index in [1.165, 1.54) is 55.6 Å². The first kappa shape index (κ1) is 20.8. The highest BCUT2D eigenvalue weighted by Crippen LogP contribution is 2.27. The highest BCUT2D eigenvalue weighted by molar-refractivity contribution is 7.92. The molecule has 2 N–H and O–H groups in total. The van der Waals surface area contributed by atoms with Crippen molar-refractivity contribution in [3.63, 3.8) is 0 Å². The van der Waals surface area contributed by atoms with Crippen molar-refractivity contribution in [1.29, 1.82) is 0 Å². The fourth-order valence-electron chi connectivity index (χ4n) is 2.78. The molecule has 0 saturated heterocycles. The topological polar surface area (TPSA) is 97.4 Å². The first-order chi connectivity index (χ1) is 14.8. The molecule has 0 aliphatic carbocycles. The Kier molecular flexibility index (Phi) is 5.57. The molecule has 0 bridgehead atoms. The third kappa shape index (κ3) is 4.65. The molecule has 0 atom stereocenters. The van der Waals surface area contributed by atoms with Crippen molar-refractivity contribution in [3.05, 3.63) is 78.1 Å². The van der Waals surface area contributed by atoms with Gasteiger partial charge in [-0.25, -0.2) is 17.8 Å². The van der Waals surface area contributed by atoms with E-state index in [9.17, 15) is 17.6 Å². The average Bonchev–Trinajstić information content (AvgIpc) is 3.15. The number of aromatic nitrogens is 1. The number of carbonyl (C=O) groups excluding carboxylic acids is 1. The van der Waals surface area contributed by atoms with Gasteiger partial charge in [-0.3, -0.25) is 14.8 Å². The number of benzene rings is 3. The van der Waals surface area contributed by atoms with E-state index in [2.05, 4.69) is 15.0 Å². The summed E-state index contributed by atoms with van der Waals surface area (Å²) < 4.78 is 46.4. The van der Waals surface area contributed by atoms with Gasteiger partial charge in [0.05, 0.1) is 22.2 Å². The van der Waals surface area contributed by atoms with Crippen LogP contribution in [0.2, 0.25) is 0 Å². The summed E-state index contributed by atoms with van der Waals surface area (Å²) in [4.78, 5) is 16.8. The van der Waals surface area contributed by atoms with Crippen LogP contribution in [0.4, 0.5) is 15.2 Å². The van der Waals surface area contributed by atoms with Crippen molar-refractivity contribution in [2.24, 2.45) is 0 Å². The number of amides is 1. The minimum absolute atomic E-state index is 0.0855. The molecule has 1 heterocycles. The van der Waals surface area contributed by atoms with Crippen LogP contribution in [0.3, 0.4) is 0 Å². The largest absolute Gasteiger partial charge is 0.497 e. The molecule has 10 heteroatoms. The lowest BCUT2D eigenvalue weighted by molar-refractivity contribution is 0.102. The number of carbonyl (C=O) groups is 1. The monoisotopic (exact) mass is 457 g/mol. The van der Waals surface area contributed by atoms with Crippen LogP contribution in [0, 0.1) is 5.82 Å². The maximum Gasteiger partial charge on any atom is 0.261 e. The number of sulfonamides is 1. The van der Waals surface area contributed by atoms with E-state index in [0.29, 0.717) is 32.3 Å². The van der Waals surface area contributed by atoms with Crippen molar-refractivity contribution in [2.75, 3.05) is 17.1 Å². The average molecular weight is 458 g/mol. The number of ether oxygens (including phenoxy) is 1. The zero-order valence-corrected chi connectivity index (χ0v) is 17.8. The number of nitrogens with zero attached hydrogens (tertiary/aromatic N) is 1. The number of fused-ring (bicyclic) bond motifs is 1. The number of halogens is 1. The molecule has 0 aliphatic rings. The molecule has 0 spiro atoms. The summed E-state index contributed by atoms with van der Waals surface area (Å²) in [5, 5.41) is 3.01. The lowest BCUT2D eigenvalue weighted by atomic mass is 10.2. The molecule has 0 aliphatic heterocycles. The fraction of sp³-hybridized carbons (Fsp3) is 0.0476. The number of hydrogen-bond donors (Lipinski definition) is 2. The molecule has 158 valence electrons. The van der Waals surface area contributed by atoms with E-state index in [1.807, 2.05) is 0 Å². The van der Waals surface area contributed by atoms with E-state index < -0.39 is 15.9 Å². The molecule has 1 amide bonds. The molecule has 7 nitrogen and oxygen atoms in total. The van der Waals surface area contributed by atoms with Gasteiger partial charge < -0.3 is 4.74 Å². The Morgan fingerprint density at radius 3 is 2.42 bits per heavy atom. The Morgan fingerprint density at radius 1 is 1.03 bits per heavy atom. The highest BCUT2D eigenvalue weighted by atomic mass is 32.2. The summed E-state index contributed by atoms with van der Waals surface area (Å²) >= 11 is 1.16. The molecular weight excluding hydrogens is 441 g/mol.